The SMILES string of the molecule is C[C@H]1C(=O)N[C@H]([C@H](O)CNC2(c3cccc(Br)c3)CC2)Cc2cccc(c2)OCCCCCC(=O)N1C. The van der Waals surface area contributed by atoms with Crippen LogP contribution < -0.4 is 15.4 Å². The van der Waals surface area contributed by atoms with Crippen molar-refractivity contribution in [3.63, 3.8) is 0 Å². The number of nitrogens with zero attached hydrogens (tertiary/aromatic N) is 1. The van der Waals surface area contributed by atoms with E-state index in [-0.39, 0.29) is 17.4 Å². The van der Waals surface area contributed by atoms with Gasteiger partial charge in [-0.1, -0.05) is 40.2 Å². The minimum atomic E-state index is -0.828. The number of hydrogen-bond acceptors (Lipinski definition) is 5. The maximum absolute atomic E-state index is 13.2. The zero-order valence-electron chi connectivity index (χ0n) is 21.7. The highest BCUT2D eigenvalue weighted by molar-refractivity contribution is 9.10. The van der Waals surface area contributed by atoms with Crippen molar-refractivity contribution in [2.45, 2.75) is 75.6 Å². The number of halogens is 1. The zero-order valence-corrected chi connectivity index (χ0v) is 23.3. The number of ether oxygens (including phenoxy) is 1. The van der Waals surface area contributed by atoms with Crippen molar-refractivity contribution in [1.82, 2.24) is 15.5 Å². The maximum Gasteiger partial charge on any atom is 0.242 e. The summed E-state index contributed by atoms with van der Waals surface area (Å²) >= 11 is 3.55. The lowest BCUT2D eigenvalue weighted by Crippen LogP contribution is -2.54. The normalized spacial score (nSPS) is 23.6. The molecule has 2 bridgehead atoms. The Labute approximate surface area is 228 Å². The van der Waals surface area contributed by atoms with E-state index in [1.54, 1.807) is 14.0 Å². The van der Waals surface area contributed by atoms with E-state index in [0.29, 0.717) is 26.0 Å². The predicted octanol–water partition coefficient (Wildman–Crippen LogP) is 3.92. The summed E-state index contributed by atoms with van der Waals surface area (Å²) in [5.74, 6) is 0.454. The molecule has 4 rings (SSSR count). The van der Waals surface area contributed by atoms with E-state index >= 15 is 0 Å². The third kappa shape index (κ3) is 7.33. The van der Waals surface area contributed by atoms with E-state index in [4.69, 9.17) is 4.74 Å². The molecule has 2 aliphatic rings. The largest absolute Gasteiger partial charge is 0.494 e. The summed E-state index contributed by atoms with van der Waals surface area (Å²) in [5, 5.41) is 17.9. The topological polar surface area (TPSA) is 90.9 Å². The van der Waals surface area contributed by atoms with Crippen LogP contribution in [-0.4, -0.2) is 60.2 Å². The van der Waals surface area contributed by atoms with Gasteiger partial charge < -0.3 is 25.4 Å². The van der Waals surface area contributed by atoms with Gasteiger partial charge in [0, 0.05) is 30.0 Å². The second-order valence-electron chi connectivity index (χ2n) is 10.3. The third-order valence-corrected chi connectivity index (χ3v) is 8.07. The van der Waals surface area contributed by atoms with Gasteiger partial charge in [0.15, 0.2) is 0 Å². The number of amides is 2. The first-order valence-corrected chi connectivity index (χ1v) is 14.0. The van der Waals surface area contributed by atoms with Crippen molar-refractivity contribution < 1.29 is 19.4 Å². The standard InChI is InChI=1S/C29H38BrN3O4/c1-20-28(36)32-25(26(34)19-31-29(13-14-29)22-9-7-10-23(30)18-22)17-21-8-6-11-24(16-21)37-15-5-3-4-12-27(35)33(20)2/h6-11,16,18,20,25-26,31,34H,3-5,12-15,17,19H2,1-2H3,(H,32,36)/t20-,25-,26+/m0/s1. The fourth-order valence-electron chi connectivity index (χ4n) is 4.84. The summed E-state index contributed by atoms with van der Waals surface area (Å²) in [4.78, 5) is 27.4. The Balaban J connectivity index is 1.51. The van der Waals surface area contributed by atoms with Crippen molar-refractivity contribution in [2.75, 3.05) is 20.2 Å². The second-order valence-corrected chi connectivity index (χ2v) is 11.3. The van der Waals surface area contributed by atoms with E-state index < -0.39 is 18.2 Å². The molecule has 1 fully saturated rings. The molecule has 0 radical (unpaired) electrons. The first-order chi connectivity index (χ1) is 17.8. The van der Waals surface area contributed by atoms with Crippen LogP contribution in [0.5, 0.6) is 5.75 Å². The molecule has 37 heavy (non-hydrogen) atoms. The minimum Gasteiger partial charge on any atom is -0.494 e. The van der Waals surface area contributed by atoms with E-state index in [1.807, 2.05) is 36.4 Å². The fourth-order valence-corrected chi connectivity index (χ4v) is 5.24. The number of aliphatic hydroxyl groups is 1. The average molecular weight is 573 g/mol. The molecule has 1 aliphatic heterocycles. The van der Waals surface area contributed by atoms with Crippen LogP contribution in [0.1, 0.15) is 56.6 Å². The Morgan fingerprint density at radius 1 is 1.16 bits per heavy atom. The first-order valence-electron chi connectivity index (χ1n) is 13.2. The smallest absolute Gasteiger partial charge is 0.242 e. The summed E-state index contributed by atoms with van der Waals surface area (Å²) in [6, 6.07) is 14.9. The average Bonchev–Trinajstić information content (AvgIpc) is 3.69. The van der Waals surface area contributed by atoms with Crippen LogP contribution in [-0.2, 0) is 21.5 Å². The van der Waals surface area contributed by atoms with Crippen LogP contribution in [0.3, 0.4) is 0 Å². The van der Waals surface area contributed by atoms with Gasteiger partial charge in [-0.25, -0.2) is 0 Å². The molecule has 1 saturated carbocycles. The van der Waals surface area contributed by atoms with Crippen LogP contribution in [0.15, 0.2) is 53.0 Å². The molecule has 0 aromatic heterocycles. The molecule has 2 aromatic rings. The zero-order chi connectivity index (χ0) is 26.4. The minimum absolute atomic E-state index is 0.0515. The van der Waals surface area contributed by atoms with Crippen molar-refractivity contribution in [1.29, 1.82) is 0 Å². The quantitative estimate of drug-likeness (QED) is 0.506. The van der Waals surface area contributed by atoms with Gasteiger partial charge in [-0.15, -0.1) is 0 Å². The number of benzene rings is 2. The lowest BCUT2D eigenvalue weighted by atomic mass is 9.99. The first kappa shape index (κ1) is 27.6. The van der Waals surface area contributed by atoms with Gasteiger partial charge >= 0.3 is 0 Å². The number of hydrogen-bond donors (Lipinski definition) is 3. The van der Waals surface area contributed by atoms with Gasteiger partial charge in [-0.05, 0) is 80.8 Å². The summed E-state index contributed by atoms with van der Waals surface area (Å²) in [5.41, 5.74) is 2.01. The van der Waals surface area contributed by atoms with Gasteiger partial charge in [0.1, 0.15) is 11.8 Å². The van der Waals surface area contributed by atoms with Crippen LogP contribution in [0.2, 0.25) is 0 Å². The van der Waals surface area contributed by atoms with Crippen LogP contribution in [0.4, 0.5) is 0 Å². The monoisotopic (exact) mass is 571 g/mol. The molecule has 2 amide bonds. The lowest BCUT2D eigenvalue weighted by Gasteiger charge is -2.30. The van der Waals surface area contributed by atoms with Crippen LogP contribution in [0.25, 0.3) is 0 Å². The molecule has 0 spiro atoms. The molecular weight excluding hydrogens is 534 g/mol. The number of likely N-dealkylation sites (N-methyl/N-ethyl adjacent to an activating group) is 1. The van der Waals surface area contributed by atoms with Gasteiger partial charge in [0.05, 0.1) is 18.8 Å². The van der Waals surface area contributed by atoms with Gasteiger partial charge in [0.2, 0.25) is 11.8 Å². The number of carbonyl (C=O) groups excluding carboxylic acids is 2. The van der Waals surface area contributed by atoms with E-state index in [2.05, 4.69) is 38.7 Å². The van der Waals surface area contributed by atoms with Crippen molar-refractivity contribution in [3.05, 3.63) is 64.1 Å². The molecule has 0 saturated heterocycles. The Morgan fingerprint density at radius 3 is 2.70 bits per heavy atom. The molecule has 200 valence electrons. The third-order valence-electron chi connectivity index (χ3n) is 7.58. The van der Waals surface area contributed by atoms with E-state index in [9.17, 15) is 14.7 Å². The van der Waals surface area contributed by atoms with Crippen molar-refractivity contribution >= 4 is 27.7 Å². The summed E-state index contributed by atoms with van der Waals surface area (Å²) in [7, 11) is 1.67. The predicted molar refractivity (Wildman–Crippen MR) is 147 cm³/mol. The Bertz CT molecular complexity index is 1090. The number of aliphatic hydroxyl groups excluding tert-OH is 1. The fraction of sp³-hybridized carbons (Fsp3) is 0.517. The Morgan fingerprint density at radius 2 is 1.95 bits per heavy atom. The molecule has 7 nitrogen and oxygen atoms in total. The molecular formula is C29H38BrN3O4. The summed E-state index contributed by atoms with van der Waals surface area (Å²) in [6.45, 7) is 2.66. The molecule has 2 aromatic carbocycles. The van der Waals surface area contributed by atoms with Gasteiger partial charge in [0.25, 0.3) is 0 Å². The highest BCUT2D eigenvalue weighted by atomic mass is 79.9. The molecule has 3 N–H and O–H groups in total. The number of fused-ring (bicyclic) bond motifs is 2. The van der Waals surface area contributed by atoms with E-state index in [1.165, 1.54) is 10.5 Å². The summed E-state index contributed by atoms with van der Waals surface area (Å²) in [6.07, 6.45) is 4.52. The molecule has 8 heteroatoms. The maximum atomic E-state index is 13.2. The van der Waals surface area contributed by atoms with Gasteiger partial charge in [-0.2, -0.15) is 0 Å². The van der Waals surface area contributed by atoms with Crippen molar-refractivity contribution in [3.8, 4) is 5.75 Å². The molecule has 3 atom stereocenters. The number of carbonyl (C=O) groups is 2. The number of nitrogens with one attached hydrogen (secondary N) is 2. The highest BCUT2D eigenvalue weighted by Crippen LogP contribution is 2.46. The van der Waals surface area contributed by atoms with Crippen LogP contribution in [0, 0.1) is 0 Å². The Kier molecular flexibility index (Phi) is 9.27. The van der Waals surface area contributed by atoms with Crippen molar-refractivity contribution in [2.24, 2.45) is 0 Å². The molecule has 0 unspecified atom stereocenters. The number of rotatable bonds is 5. The highest BCUT2D eigenvalue weighted by Gasteiger charge is 2.44. The Hall–Kier alpha value is -2.42. The molecule has 1 heterocycles. The molecule has 1 aliphatic carbocycles. The lowest BCUT2D eigenvalue weighted by molar-refractivity contribution is -0.139. The summed E-state index contributed by atoms with van der Waals surface area (Å²) < 4.78 is 6.95. The second kappa shape index (κ2) is 12.4. The van der Waals surface area contributed by atoms with Gasteiger partial charge in [-0.3, -0.25) is 9.59 Å². The van der Waals surface area contributed by atoms with Crippen LogP contribution >= 0.6 is 15.9 Å². The van der Waals surface area contributed by atoms with E-state index in [0.717, 1.165) is 47.9 Å².